The molecule has 0 aliphatic rings. The van der Waals surface area contributed by atoms with E-state index >= 15 is 0 Å². The van der Waals surface area contributed by atoms with Crippen LogP contribution in [-0.2, 0) is 25.6 Å². The Kier molecular flexibility index (Phi) is 9.54. The van der Waals surface area contributed by atoms with Crippen LogP contribution in [0.2, 0.25) is 0 Å². The minimum atomic E-state index is -3.79. The Balaban J connectivity index is 2.38. The number of hydrogen-bond donors (Lipinski definition) is 2. The number of anilines is 1. The van der Waals surface area contributed by atoms with Crippen molar-refractivity contribution in [1.82, 2.24) is 0 Å². The van der Waals surface area contributed by atoms with Crippen LogP contribution in [-0.4, -0.2) is 20.4 Å². The minimum Gasteiger partial charge on any atom is -0.480 e. The van der Waals surface area contributed by atoms with E-state index in [9.17, 15) is 13.2 Å². The van der Waals surface area contributed by atoms with Gasteiger partial charge in [-0.2, -0.15) is 0 Å². The summed E-state index contributed by atoms with van der Waals surface area (Å²) in [6, 6.07) is 12.2. The number of sulfonamides is 1. The number of carbonyl (C=O) groups is 1. The maximum Gasteiger partial charge on any atom is 0.265 e. The average molecular weight is 503 g/mol. The maximum absolute atomic E-state index is 13.2. The van der Waals surface area contributed by atoms with Crippen LogP contribution in [0.5, 0.6) is 5.75 Å². The molecule has 1 atom stereocenters. The maximum atomic E-state index is 13.2. The van der Waals surface area contributed by atoms with Crippen molar-refractivity contribution in [3.05, 3.63) is 53.6 Å². The molecule has 0 saturated carbocycles. The van der Waals surface area contributed by atoms with E-state index in [-0.39, 0.29) is 21.6 Å². The zero-order valence-corrected chi connectivity index (χ0v) is 23.1. The average Bonchev–Trinajstić information content (AvgIpc) is 2.81. The van der Waals surface area contributed by atoms with Gasteiger partial charge in [-0.1, -0.05) is 67.0 Å². The summed E-state index contributed by atoms with van der Waals surface area (Å²) in [5.74, 6) is 0.466. The molecule has 3 N–H and O–H groups in total. The van der Waals surface area contributed by atoms with Gasteiger partial charge in [-0.05, 0) is 72.4 Å². The molecule has 194 valence electrons. The molecule has 1 amide bonds. The van der Waals surface area contributed by atoms with Crippen LogP contribution < -0.4 is 15.2 Å². The molecule has 0 unspecified atom stereocenters. The lowest BCUT2D eigenvalue weighted by molar-refractivity contribution is -0.123. The van der Waals surface area contributed by atoms with Gasteiger partial charge in [0.2, 0.25) is 10.0 Å². The van der Waals surface area contributed by atoms with Gasteiger partial charge in [0, 0.05) is 11.3 Å². The van der Waals surface area contributed by atoms with E-state index in [1.165, 1.54) is 29.8 Å². The van der Waals surface area contributed by atoms with Crippen LogP contribution >= 0.6 is 0 Å². The highest BCUT2D eigenvalue weighted by molar-refractivity contribution is 7.89. The van der Waals surface area contributed by atoms with Crippen molar-refractivity contribution in [2.24, 2.45) is 5.14 Å². The van der Waals surface area contributed by atoms with E-state index in [4.69, 9.17) is 9.88 Å². The molecule has 0 saturated heterocycles. The lowest BCUT2D eigenvalue weighted by Gasteiger charge is -2.31. The molecule has 2 aromatic rings. The lowest BCUT2D eigenvalue weighted by Crippen LogP contribution is -2.34. The van der Waals surface area contributed by atoms with Crippen molar-refractivity contribution in [2.45, 2.75) is 102 Å². The number of nitrogens with one attached hydrogen (secondary N) is 1. The predicted molar refractivity (Wildman–Crippen MR) is 143 cm³/mol. The summed E-state index contributed by atoms with van der Waals surface area (Å²) in [5.41, 5.74) is 2.77. The highest BCUT2D eigenvalue weighted by atomic mass is 32.2. The van der Waals surface area contributed by atoms with Crippen LogP contribution in [0.4, 0.5) is 5.69 Å². The van der Waals surface area contributed by atoms with Gasteiger partial charge in [-0.3, -0.25) is 4.79 Å². The van der Waals surface area contributed by atoms with Crippen molar-refractivity contribution < 1.29 is 17.9 Å². The molecular weight excluding hydrogens is 460 g/mol. The van der Waals surface area contributed by atoms with Gasteiger partial charge in [-0.15, -0.1) is 0 Å². The molecule has 0 aliphatic carbocycles. The van der Waals surface area contributed by atoms with Crippen LogP contribution in [0.15, 0.2) is 47.4 Å². The molecule has 0 bridgehead atoms. The second-order valence-corrected chi connectivity index (χ2v) is 12.1. The summed E-state index contributed by atoms with van der Waals surface area (Å²) in [5, 5.41) is 8.04. The first-order chi connectivity index (χ1) is 16.2. The molecule has 0 fully saturated rings. The molecule has 2 rings (SSSR count). The van der Waals surface area contributed by atoms with Crippen molar-refractivity contribution in [2.75, 3.05) is 5.32 Å². The third-order valence-corrected chi connectivity index (χ3v) is 8.02. The number of primary sulfonamides is 1. The van der Waals surface area contributed by atoms with Crippen molar-refractivity contribution in [1.29, 1.82) is 0 Å². The van der Waals surface area contributed by atoms with Crippen molar-refractivity contribution >= 4 is 21.6 Å². The van der Waals surface area contributed by atoms with Crippen LogP contribution in [0.3, 0.4) is 0 Å². The number of ether oxygens (including phenoxy) is 1. The summed E-state index contributed by atoms with van der Waals surface area (Å²) in [4.78, 5) is 13.2. The predicted octanol–water partition coefficient (Wildman–Crippen LogP) is 6.29. The molecule has 0 spiro atoms. The van der Waals surface area contributed by atoms with Crippen LogP contribution in [0.25, 0.3) is 0 Å². The normalized spacial score (nSPS) is 13.4. The monoisotopic (exact) mass is 502 g/mol. The minimum absolute atomic E-state index is 0.00388. The fourth-order valence-corrected chi connectivity index (χ4v) is 4.23. The number of hydrogen-bond acceptors (Lipinski definition) is 4. The molecule has 0 aliphatic heterocycles. The summed E-state index contributed by atoms with van der Waals surface area (Å²) >= 11 is 0. The van der Waals surface area contributed by atoms with E-state index in [1.54, 1.807) is 0 Å². The number of rotatable bonds is 12. The van der Waals surface area contributed by atoms with E-state index in [0.717, 1.165) is 37.0 Å². The van der Waals surface area contributed by atoms with Crippen molar-refractivity contribution in [3.8, 4) is 5.75 Å². The fraction of sp³-hybridized carbons (Fsp3) is 0.536. The Morgan fingerprint density at radius 2 is 1.57 bits per heavy atom. The summed E-state index contributed by atoms with van der Waals surface area (Å²) in [7, 11) is -3.79. The SMILES string of the molecule is CCCC[C@@H](Oc1ccc(C(C)(C)CC)cc1C(C)(C)CC)C(=O)Nc1ccc(S(N)(=O)=O)cc1. The zero-order valence-electron chi connectivity index (χ0n) is 22.3. The second-order valence-electron chi connectivity index (χ2n) is 10.5. The number of unbranched alkanes of at least 4 members (excludes halogenated alkanes) is 1. The Morgan fingerprint density at radius 1 is 0.971 bits per heavy atom. The van der Waals surface area contributed by atoms with E-state index in [2.05, 4.69) is 65.9 Å². The summed E-state index contributed by atoms with van der Waals surface area (Å²) in [6.45, 7) is 15.3. The molecule has 0 heterocycles. The van der Waals surface area contributed by atoms with Gasteiger partial charge in [-0.25, -0.2) is 13.6 Å². The Labute approximate surface area is 211 Å². The Bertz CT molecular complexity index is 1110. The number of amides is 1. The molecule has 2 aromatic carbocycles. The Morgan fingerprint density at radius 3 is 2.09 bits per heavy atom. The molecule has 35 heavy (non-hydrogen) atoms. The molecular formula is C28H42N2O4S. The second kappa shape index (κ2) is 11.6. The van der Waals surface area contributed by atoms with E-state index in [0.29, 0.717) is 12.1 Å². The van der Waals surface area contributed by atoms with Crippen LogP contribution in [0.1, 0.15) is 91.7 Å². The first kappa shape index (κ1) is 28.9. The van der Waals surface area contributed by atoms with Gasteiger partial charge in [0.25, 0.3) is 5.91 Å². The fourth-order valence-electron chi connectivity index (χ4n) is 3.71. The zero-order chi connectivity index (χ0) is 26.4. The summed E-state index contributed by atoms with van der Waals surface area (Å²) in [6.07, 6.45) is 3.63. The van der Waals surface area contributed by atoms with Gasteiger partial charge < -0.3 is 10.1 Å². The molecule has 7 heteroatoms. The van der Waals surface area contributed by atoms with Crippen LogP contribution in [0, 0.1) is 0 Å². The number of carbonyl (C=O) groups excluding carboxylic acids is 1. The van der Waals surface area contributed by atoms with Gasteiger partial charge >= 0.3 is 0 Å². The first-order valence-electron chi connectivity index (χ1n) is 12.5. The highest BCUT2D eigenvalue weighted by Gasteiger charge is 2.29. The smallest absolute Gasteiger partial charge is 0.265 e. The third kappa shape index (κ3) is 7.55. The van der Waals surface area contributed by atoms with Gasteiger partial charge in [0.05, 0.1) is 4.90 Å². The van der Waals surface area contributed by atoms with E-state index in [1.807, 2.05) is 6.07 Å². The third-order valence-electron chi connectivity index (χ3n) is 7.09. The summed E-state index contributed by atoms with van der Waals surface area (Å²) < 4.78 is 29.4. The Hall–Kier alpha value is -2.38. The quantitative estimate of drug-likeness (QED) is 0.356. The largest absolute Gasteiger partial charge is 0.480 e. The standard InChI is InChI=1S/C28H42N2O4S/c1-8-11-12-25(26(31)30-21-14-16-22(17-15-21)35(29,32)33)34-24-18-13-20(27(4,5)9-2)19-23(24)28(6,7)10-3/h13-19,25H,8-12H2,1-7H3,(H,30,31)(H2,29,32,33)/t25-/m1/s1. The number of nitrogens with two attached hydrogens (primary N) is 1. The van der Waals surface area contributed by atoms with E-state index < -0.39 is 16.1 Å². The first-order valence-corrected chi connectivity index (χ1v) is 14.0. The highest BCUT2D eigenvalue weighted by Crippen LogP contribution is 2.39. The van der Waals surface area contributed by atoms with Gasteiger partial charge in [0.1, 0.15) is 5.75 Å². The molecule has 0 aromatic heterocycles. The lowest BCUT2D eigenvalue weighted by atomic mass is 9.76. The topological polar surface area (TPSA) is 98.5 Å². The molecule has 6 nitrogen and oxygen atoms in total. The molecule has 0 radical (unpaired) electrons. The number of benzene rings is 2. The van der Waals surface area contributed by atoms with Crippen molar-refractivity contribution in [3.63, 3.8) is 0 Å². The van der Waals surface area contributed by atoms with Gasteiger partial charge in [0.15, 0.2) is 6.10 Å².